The molecule has 2 atom stereocenters. The quantitative estimate of drug-likeness (QED) is 0.669. The maximum atomic E-state index is 4.87. The van der Waals surface area contributed by atoms with Gasteiger partial charge in [0, 0.05) is 49.9 Å². The first-order chi connectivity index (χ1) is 11.8. The Morgan fingerprint density at radius 1 is 1.50 bits per heavy atom. The first-order valence-corrected chi connectivity index (χ1v) is 9.69. The van der Waals surface area contributed by atoms with Crippen LogP contribution in [0.4, 0.5) is 0 Å². The lowest BCUT2D eigenvalue weighted by Gasteiger charge is -2.39. The second-order valence-corrected chi connectivity index (χ2v) is 7.39. The molecular weight excluding hydrogens is 318 g/mol. The van der Waals surface area contributed by atoms with E-state index in [1.54, 1.807) is 0 Å². The van der Waals surface area contributed by atoms with Crippen molar-refractivity contribution < 1.29 is 0 Å². The third-order valence-corrected chi connectivity index (χ3v) is 5.60. The zero-order chi connectivity index (χ0) is 16.8. The predicted molar refractivity (Wildman–Crippen MR) is 101 cm³/mol. The van der Waals surface area contributed by atoms with Crippen LogP contribution in [0.25, 0.3) is 0 Å². The minimum atomic E-state index is 0.461. The van der Waals surface area contributed by atoms with Crippen LogP contribution < -0.4 is 5.32 Å². The van der Waals surface area contributed by atoms with Gasteiger partial charge in [0.05, 0.1) is 12.4 Å². The number of guanidine groups is 1. The van der Waals surface area contributed by atoms with Gasteiger partial charge in [-0.05, 0) is 30.7 Å². The van der Waals surface area contributed by atoms with Crippen LogP contribution >= 0.6 is 11.3 Å². The summed E-state index contributed by atoms with van der Waals surface area (Å²) in [5.41, 5.74) is 0. The van der Waals surface area contributed by atoms with Gasteiger partial charge in [-0.1, -0.05) is 13.0 Å². The summed E-state index contributed by atoms with van der Waals surface area (Å²) in [5, 5.41) is 5.60. The van der Waals surface area contributed by atoms with Crippen LogP contribution in [0.2, 0.25) is 0 Å². The van der Waals surface area contributed by atoms with Crippen LogP contribution in [0.3, 0.4) is 0 Å². The molecule has 6 heteroatoms. The minimum Gasteiger partial charge on any atom is -0.357 e. The van der Waals surface area contributed by atoms with Crippen molar-refractivity contribution in [1.82, 2.24) is 19.8 Å². The Morgan fingerprint density at radius 3 is 3.12 bits per heavy atom. The molecule has 3 heterocycles. The number of hydrogen-bond donors (Lipinski definition) is 1. The van der Waals surface area contributed by atoms with E-state index in [4.69, 9.17) is 4.99 Å². The van der Waals surface area contributed by atoms with Crippen LogP contribution in [0, 0.1) is 5.92 Å². The molecule has 0 aromatic carbocycles. The van der Waals surface area contributed by atoms with E-state index < -0.39 is 0 Å². The number of likely N-dealkylation sites (tertiary alicyclic amines) is 1. The van der Waals surface area contributed by atoms with Gasteiger partial charge >= 0.3 is 0 Å². The zero-order valence-electron chi connectivity index (χ0n) is 14.6. The summed E-state index contributed by atoms with van der Waals surface area (Å²) in [5.74, 6) is 1.70. The fraction of sp³-hybridized carbons (Fsp3) is 0.556. The van der Waals surface area contributed by atoms with Crippen LogP contribution in [0.5, 0.6) is 0 Å². The Hall–Kier alpha value is -1.82. The second-order valence-electron chi connectivity index (χ2n) is 6.35. The van der Waals surface area contributed by atoms with Gasteiger partial charge < -0.3 is 14.8 Å². The summed E-state index contributed by atoms with van der Waals surface area (Å²) in [6.45, 7) is 8.27. The van der Waals surface area contributed by atoms with Crippen molar-refractivity contribution >= 4 is 17.3 Å². The lowest BCUT2D eigenvalue weighted by atomic mass is 9.93. The molecule has 0 spiro atoms. The van der Waals surface area contributed by atoms with Crippen molar-refractivity contribution in [2.45, 2.75) is 32.7 Å². The van der Waals surface area contributed by atoms with Gasteiger partial charge in [-0.25, -0.2) is 4.98 Å². The van der Waals surface area contributed by atoms with Crippen molar-refractivity contribution in [3.8, 4) is 0 Å². The van der Waals surface area contributed by atoms with E-state index in [0.29, 0.717) is 12.0 Å². The lowest BCUT2D eigenvalue weighted by Crippen LogP contribution is -2.49. The number of piperidine rings is 1. The van der Waals surface area contributed by atoms with Crippen LogP contribution in [0.1, 0.15) is 31.2 Å². The van der Waals surface area contributed by atoms with E-state index in [1.807, 2.05) is 23.9 Å². The Balaban J connectivity index is 1.66. The highest BCUT2D eigenvalue weighted by Gasteiger charge is 2.28. The van der Waals surface area contributed by atoms with Crippen LogP contribution in [-0.4, -0.2) is 46.6 Å². The molecule has 1 fully saturated rings. The summed E-state index contributed by atoms with van der Waals surface area (Å²) < 4.78 is 2.24. The number of thiophene rings is 1. The normalized spacial score (nSPS) is 21.9. The molecule has 0 amide bonds. The smallest absolute Gasteiger partial charge is 0.193 e. The van der Waals surface area contributed by atoms with Gasteiger partial charge in [-0.3, -0.25) is 4.99 Å². The van der Waals surface area contributed by atoms with E-state index >= 15 is 0 Å². The SMILES string of the molecule is CCNC(=NCCc1cccs1)N1CCC(C)C(n2ccnc2)C1. The topological polar surface area (TPSA) is 45.5 Å². The summed E-state index contributed by atoms with van der Waals surface area (Å²) in [7, 11) is 0. The van der Waals surface area contributed by atoms with Gasteiger partial charge in [0.15, 0.2) is 5.96 Å². The fourth-order valence-electron chi connectivity index (χ4n) is 3.25. The lowest BCUT2D eigenvalue weighted by molar-refractivity contribution is 0.189. The fourth-order valence-corrected chi connectivity index (χ4v) is 3.95. The Labute approximate surface area is 148 Å². The summed E-state index contributed by atoms with van der Waals surface area (Å²) in [6.07, 6.45) is 8.07. The van der Waals surface area contributed by atoms with Crippen molar-refractivity contribution in [1.29, 1.82) is 0 Å². The number of rotatable bonds is 5. The summed E-state index contributed by atoms with van der Waals surface area (Å²) in [4.78, 5) is 12.9. The van der Waals surface area contributed by atoms with Crippen molar-refractivity contribution in [2.75, 3.05) is 26.2 Å². The number of aliphatic imine (C=N–C) groups is 1. The molecule has 24 heavy (non-hydrogen) atoms. The molecule has 130 valence electrons. The number of nitrogens with one attached hydrogen (secondary N) is 1. The first-order valence-electron chi connectivity index (χ1n) is 8.81. The Bertz CT molecular complexity index is 620. The van der Waals surface area contributed by atoms with Gasteiger partial charge in [-0.2, -0.15) is 0 Å². The maximum absolute atomic E-state index is 4.87. The standard InChI is InChI=1S/C18H27N5S/c1-3-20-18(21-8-6-16-5-4-12-24-16)22-10-7-15(2)17(13-22)23-11-9-19-14-23/h4-5,9,11-12,14-15,17H,3,6-8,10,13H2,1-2H3,(H,20,21). The van der Waals surface area contributed by atoms with Crippen molar-refractivity contribution in [3.05, 3.63) is 41.1 Å². The molecular formula is C18H27N5S. The molecule has 1 aliphatic rings. The van der Waals surface area contributed by atoms with E-state index in [0.717, 1.165) is 38.6 Å². The molecule has 5 nitrogen and oxygen atoms in total. The largest absolute Gasteiger partial charge is 0.357 e. The van der Waals surface area contributed by atoms with Crippen LogP contribution in [0.15, 0.2) is 41.2 Å². The molecule has 2 unspecified atom stereocenters. The van der Waals surface area contributed by atoms with E-state index in [-0.39, 0.29) is 0 Å². The Kier molecular flexibility index (Phi) is 5.91. The number of aromatic nitrogens is 2. The number of nitrogens with zero attached hydrogens (tertiary/aromatic N) is 4. The van der Waals surface area contributed by atoms with Gasteiger partial charge in [-0.15, -0.1) is 11.3 Å². The monoisotopic (exact) mass is 345 g/mol. The highest BCUT2D eigenvalue weighted by atomic mass is 32.1. The highest BCUT2D eigenvalue weighted by Crippen LogP contribution is 2.27. The van der Waals surface area contributed by atoms with E-state index in [2.05, 4.69) is 57.3 Å². The Morgan fingerprint density at radius 2 is 2.42 bits per heavy atom. The molecule has 1 aliphatic heterocycles. The first kappa shape index (κ1) is 17.0. The molecule has 0 aliphatic carbocycles. The molecule has 1 N–H and O–H groups in total. The number of hydrogen-bond acceptors (Lipinski definition) is 3. The second kappa shape index (κ2) is 8.33. The molecule has 0 bridgehead atoms. The molecule has 3 rings (SSSR count). The molecule has 2 aromatic heterocycles. The van der Waals surface area contributed by atoms with Crippen molar-refractivity contribution in [2.24, 2.45) is 10.9 Å². The molecule has 2 aromatic rings. The summed E-state index contributed by atoms with van der Waals surface area (Å²) in [6, 6.07) is 4.75. The molecule has 0 radical (unpaired) electrons. The highest BCUT2D eigenvalue weighted by molar-refractivity contribution is 7.09. The van der Waals surface area contributed by atoms with Gasteiger partial charge in [0.2, 0.25) is 0 Å². The maximum Gasteiger partial charge on any atom is 0.193 e. The molecule has 1 saturated heterocycles. The van der Waals surface area contributed by atoms with Gasteiger partial charge in [0.1, 0.15) is 0 Å². The van der Waals surface area contributed by atoms with Gasteiger partial charge in [0.25, 0.3) is 0 Å². The van der Waals surface area contributed by atoms with Crippen LogP contribution in [-0.2, 0) is 6.42 Å². The van der Waals surface area contributed by atoms with E-state index in [9.17, 15) is 0 Å². The third kappa shape index (κ3) is 4.17. The van der Waals surface area contributed by atoms with E-state index in [1.165, 1.54) is 11.3 Å². The average Bonchev–Trinajstić information content (AvgIpc) is 3.28. The van der Waals surface area contributed by atoms with Crippen molar-refractivity contribution in [3.63, 3.8) is 0 Å². The zero-order valence-corrected chi connectivity index (χ0v) is 15.4. The average molecular weight is 346 g/mol. The predicted octanol–water partition coefficient (Wildman–Crippen LogP) is 3.04. The summed E-state index contributed by atoms with van der Waals surface area (Å²) >= 11 is 1.81. The number of imidazole rings is 1. The molecule has 0 saturated carbocycles. The third-order valence-electron chi connectivity index (χ3n) is 4.66. The minimum absolute atomic E-state index is 0.461.